The number of pyridine rings is 1. The first-order valence-corrected chi connectivity index (χ1v) is 13.1. The molecule has 0 amide bonds. The molecule has 0 spiro atoms. The Balaban J connectivity index is 1.43. The molecule has 0 unspecified atom stereocenters. The van der Waals surface area contributed by atoms with E-state index in [0.717, 1.165) is 36.7 Å². The molecular weight excluding hydrogens is 511 g/mol. The molecular formula is C27H30F3N7O2. The first kappa shape index (κ1) is 25.9. The van der Waals surface area contributed by atoms with E-state index < -0.39 is 30.1 Å². The van der Waals surface area contributed by atoms with Crippen molar-refractivity contribution in [3.8, 4) is 11.3 Å². The molecule has 0 bridgehead atoms. The molecule has 0 radical (unpaired) electrons. The summed E-state index contributed by atoms with van der Waals surface area (Å²) >= 11 is 0. The topological polar surface area (TPSA) is 114 Å². The van der Waals surface area contributed by atoms with Crippen LogP contribution in [-0.4, -0.2) is 60.4 Å². The summed E-state index contributed by atoms with van der Waals surface area (Å²) in [5.41, 5.74) is 1.76. The summed E-state index contributed by atoms with van der Waals surface area (Å²) in [6, 6.07) is 7.83. The van der Waals surface area contributed by atoms with Crippen LogP contribution in [0.5, 0.6) is 0 Å². The largest absolute Gasteiger partial charge is 0.433 e. The first-order valence-electron chi connectivity index (χ1n) is 13.1. The van der Waals surface area contributed by atoms with Crippen molar-refractivity contribution in [3.63, 3.8) is 0 Å². The van der Waals surface area contributed by atoms with Crippen LogP contribution in [0.4, 0.5) is 13.2 Å². The maximum absolute atomic E-state index is 14.0. The molecule has 6 rings (SSSR count). The molecule has 1 aliphatic carbocycles. The molecule has 1 saturated heterocycles. The Labute approximate surface area is 222 Å². The van der Waals surface area contributed by atoms with Crippen molar-refractivity contribution < 1.29 is 23.0 Å². The van der Waals surface area contributed by atoms with Crippen molar-refractivity contribution in [1.29, 1.82) is 0 Å². The van der Waals surface area contributed by atoms with Crippen LogP contribution in [0.15, 0.2) is 36.7 Å². The Kier molecular flexibility index (Phi) is 6.64. The van der Waals surface area contributed by atoms with Crippen molar-refractivity contribution >= 4 is 10.9 Å². The van der Waals surface area contributed by atoms with Crippen LogP contribution in [0.3, 0.4) is 0 Å². The molecule has 4 heterocycles. The highest BCUT2D eigenvalue weighted by Gasteiger charge is 2.36. The van der Waals surface area contributed by atoms with Gasteiger partial charge in [0.2, 0.25) is 0 Å². The zero-order chi connectivity index (χ0) is 27.3. The van der Waals surface area contributed by atoms with Crippen molar-refractivity contribution in [2.24, 2.45) is 13.0 Å². The Morgan fingerprint density at radius 2 is 2.03 bits per heavy atom. The zero-order valence-electron chi connectivity index (χ0n) is 21.6. The number of halogens is 3. The van der Waals surface area contributed by atoms with Gasteiger partial charge in [-0.2, -0.15) is 18.3 Å². The SMILES string of the molecule is C[C@H](N[C@@H]1COC[C@@H]1O)c1nc(C(F)(F)F)cc2c(-c3cccc([C@H](c4nncn4C)C4CCC4)c3)n[nH]c12. The number of hydrogen-bond acceptors (Lipinski definition) is 7. The third kappa shape index (κ3) is 4.81. The number of rotatable bonds is 7. The number of fused-ring (bicyclic) bond motifs is 1. The van der Waals surface area contributed by atoms with E-state index in [1.165, 1.54) is 0 Å². The summed E-state index contributed by atoms with van der Waals surface area (Å²) in [7, 11) is 1.92. The fraction of sp³-hybridized carbons (Fsp3) is 0.481. The number of aromatic nitrogens is 6. The van der Waals surface area contributed by atoms with Gasteiger partial charge < -0.3 is 19.7 Å². The number of ether oxygens (including phenoxy) is 1. The van der Waals surface area contributed by atoms with Gasteiger partial charge >= 0.3 is 6.18 Å². The second-order valence-electron chi connectivity index (χ2n) is 10.6. The van der Waals surface area contributed by atoms with Crippen LogP contribution in [0.1, 0.15) is 60.9 Å². The highest BCUT2D eigenvalue weighted by atomic mass is 19.4. The Bertz CT molecular complexity index is 1480. The van der Waals surface area contributed by atoms with E-state index in [0.29, 0.717) is 28.1 Å². The number of benzene rings is 1. The molecule has 12 heteroatoms. The summed E-state index contributed by atoms with van der Waals surface area (Å²) in [6.07, 6.45) is -0.368. The predicted octanol–water partition coefficient (Wildman–Crippen LogP) is 4.11. The van der Waals surface area contributed by atoms with Gasteiger partial charge in [-0.3, -0.25) is 5.10 Å². The van der Waals surface area contributed by atoms with Gasteiger partial charge in [0.1, 0.15) is 23.5 Å². The number of nitrogens with zero attached hydrogens (tertiary/aromatic N) is 5. The molecule has 2 fully saturated rings. The first-order chi connectivity index (χ1) is 18.7. The summed E-state index contributed by atoms with van der Waals surface area (Å²) < 4.78 is 49.1. The summed E-state index contributed by atoms with van der Waals surface area (Å²) in [5, 5.41) is 29.5. The summed E-state index contributed by atoms with van der Waals surface area (Å²) in [4.78, 5) is 3.98. The molecule has 2 aliphatic rings. The van der Waals surface area contributed by atoms with Crippen molar-refractivity contribution in [2.75, 3.05) is 13.2 Å². The van der Waals surface area contributed by atoms with Gasteiger partial charge in [0.25, 0.3) is 0 Å². The van der Waals surface area contributed by atoms with Crippen molar-refractivity contribution in [2.45, 2.75) is 56.5 Å². The molecule has 4 atom stereocenters. The summed E-state index contributed by atoms with van der Waals surface area (Å²) in [6.45, 7) is 2.16. The van der Waals surface area contributed by atoms with Crippen LogP contribution in [0.2, 0.25) is 0 Å². The number of nitrogens with one attached hydrogen (secondary N) is 2. The number of aliphatic hydroxyl groups is 1. The lowest BCUT2D eigenvalue weighted by atomic mass is 9.72. The van der Waals surface area contributed by atoms with E-state index in [4.69, 9.17) is 4.74 Å². The Morgan fingerprint density at radius 3 is 2.67 bits per heavy atom. The van der Waals surface area contributed by atoms with E-state index in [1.807, 2.05) is 35.9 Å². The van der Waals surface area contributed by atoms with Crippen LogP contribution in [0.25, 0.3) is 22.2 Å². The molecule has 1 aromatic carbocycles. The number of aromatic amines is 1. The van der Waals surface area contributed by atoms with Gasteiger partial charge in [0.15, 0.2) is 0 Å². The fourth-order valence-corrected chi connectivity index (χ4v) is 5.68. The number of alkyl halides is 3. The van der Waals surface area contributed by atoms with Crippen molar-refractivity contribution in [1.82, 2.24) is 35.3 Å². The molecule has 39 heavy (non-hydrogen) atoms. The van der Waals surface area contributed by atoms with E-state index in [-0.39, 0.29) is 24.8 Å². The smallest absolute Gasteiger partial charge is 0.389 e. The zero-order valence-corrected chi connectivity index (χ0v) is 21.6. The minimum absolute atomic E-state index is 0.0312. The average molecular weight is 542 g/mol. The summed E-state index contributed by atoms with van der Waals surface area (Å²) in [5.74, 6) is 1.32. The molecule has 3 N–H and O–H groups in total. The van der Waals surface area contributed by atoms with Gasteiger partial charge in [-0.15, -0.1) is 10.2 Å². The number of hydrogen-bond donors (Lipinski definition) is 3. The molecule has 1 saturated carbocycles. The molecule has 4 aromatic rings. The lowest BCUT2D eigenvalue weighted by Gasteiger charge is -2.33. The Hall–Kier alpha value is -3.35. The van der Waals surface area contributed by atoms with E-state index in [2.05, 4.69) is 30.7 Å². The van der Waals surface area contributed by atoms with Gasteiger partial charge in [-0.05, 0) is 43.4 Å². The normalized spacial score (nSPS) is 21.8. The average Bonchev–Trinajstić information content (AvgIpc) is 3.60. The van der Waals surface area contributed by atoms with Gasteiger partial charge in [-0.1, -0.05) is 24.6 Å². The maximum atomic E-state index is 14.0. The van der Waals surface area contributed by atoms with E-state index in [9.17, 15) is 18.3 Å². The van der Waals surface area contributed by atoms with Gasteiger partial charge in [-0.25, -0.2) is 4.98 Å². The lowest BCUT2D eigenvalue weighted by Crippen LogP contribution is -2.40. The Morgan fingerprint density at radius 1 is 1.21 bits per heavy atom. The van der Waals surface area contributed by atoms with Crippen LogP contribution < -0.4 is 5.32 Å². The van der Waals surface area contributed by atoms with E-state index in [1.54, 1.807) is 13.3 Å². The van der Waals surface area contributed by atoms with Crippen LogP contribution >= 0.6 is 0 Å². The maximum Gasteiger partial charge on any atom is 0.433 e. The number of aryl methyl sites for hydroxylation is 1. The predicted molar refractivity (Wildman–Crippen MR) is 137 cm³/mol. The van der Waals surface area contributed by atoms with Crippen LogP contribution in [-0.2, 0) is 18.0 Å². The molecule has 1 aliphatic heterocycles. The highest BCUT2D eigenvalue weighted by Crippen LogP contribution is 2.44. The third-order valence-electron chi connectivity index (χ3n) is 7.96. The lowest BCUT2D eigenvalue weighted by molar-refractivity contribution is -0.141. The van der Waals surface area contributed by atoms with Crippen LogP contribution in [0, 0.1) is 5.92 Å². The molecule has 3 aromatic heterocycles. The van der Waals surface area contributed by atoms with Crippen molar-refractivity contribution in [3.05, 3.63) is 59.4 Å². The fourth-order valence-electron chi connectivity index (χ4n) is 5.68. The quantitative estimate of drug-likeness (QED) is 0.323. The van der Waals surface area contributed by atoms with E-state index >= 15 is 0 Å². The highest BCUT2D eigenvalue weighted by molar-refractivity contribution is 5.94. The number of H-pyrrole nitrogens is 1. The second-order valence-corrected chi connectivity index (χ2v) is 10.6. The minimum Gasteiger partial charge on any atom is -0.389 e. The molecule has 9 nitrogen and oxygen atoms in total. The minimum atomic E-state index is -4.64. The monoisotopic (exact) mass is 541 g/mol. The van der Waals surface area contributed by atoms with Gasteiger partial charge in [0, 0.05) is 30.0 Å². The third-order valence-corrected chi connectivity index (χ3v) is 7.96. The standard InChI is InChI=1S/C27H30F3N7O2/c1-14(32-19-11-39-12-20(19)38)23-25-18(10-21(33-23)27(28,29)30)24(34-35-25)17-8-4-7-16(9-17)22(15-5-3-6-15)26-36-31-13-37(26)2/h4,7-10,13-15,19-20,22,32,38H,3,5-6,11-12H2,1-2H3,(H,34,35)/t14-,19+,20-,22+/m0/s1. The number of aliphatic hydroxyl groups excluding tert-OH is 1. The van der Waals surface area contributed by atoms with Gasteiger partial charge in [0.05, 0.1) is 36.6 Å². The second kappa shape index (κ2) is 10.00. The molecule has 206 valence electrons.